The molecule has 11 heteroatoms. The summed E-state index contributed by atoms with van der Waals surface area (Å²) in [6, 6.07) is 17.4. The molecule has 2 aromatic heterocycles. The molecule has 2 fully saturated rings. The molecule has 4 aromatic rings. The van der Waals surface area contributed by atoms with Crippen LogP contribution in [-0.4, -0.2) is 57.6 Å². The average Bonchev–Trinajstić information content (AvgIpc) is 3.88. The van der Waals surface area contributed by atoms with Gasteiger partial charge in [0.2, 0.25) is 0 Å². The van der Waals surface area contributed by atoms with Gasteiger partial charge in [-0.2, -0.15) is 9.61 Å². The first-order valence-electron chi connectivity index (χ1n) is 17.3. The van der Waals surface area contributed by atoms with Gasteiger partial charge in [0.15, 0.2) is 5.65 Å². The Bertz CT molecular complexity index is 1830. The number of rotatable bonds is 8. The number of carbonyl (C=O) groups is 2. The lowest BCUT2D eigenvalue weighted by Gasteiger charge is -2.34. The lowest BCUT2D eigenvalue weighted by molar-refractivity contribution is 0.0108. The Labute approximate surface area is 295 Å². The summed E-state index contributed by atoms with van der Waals surface area (Å²) in [4.78, 5) is 34.1. The van der Waals surface area contributed by atoms with E-state index in [0.29, 0.717) is 18.5 Å². The maximum atomic E-state index is 13.5. The van der Waals surface area contributed by atoms with Crippen molar-refractivity contribution in [1.29, 1.82) is 0 Å². The number of hydrogen-bond acceptors (Lipinski definition) is 8. The van der Waals surface area contributed by atoms with Crippen molar-refractivity contribution in [3.05, 3.63) is 87.7 Å². The van der Waals surface area contributed by atoms with Gasteiger partial charge in [-0.1, -0.05) is 43.2 Å². The summed E-state index contributed by atoms with van der Waals surface area (Å²) in [7, 11) is 1.67. The van der Waals surface area contributed by atoms with Gasteiger partial charge in [0.25, 0.3) is 0 Å². The molecule has 1 spiro atoms. The zero-order valence-corrected chi connectivity index (χ0v) is 30.2. The first kappa shape index (κ1) is 33.4. The van der Waals surface area contributed by atoms with E-state index in [9.17, 15) is 9.59 Å². The molecule has 0 aliphatic heterocycles. The minimum absolute atomic E-state index is 0.0336. The van der Waals surface area contributed by atoms with E-state index in [1.165, 1.54) is 0 Å². The molecule has 258 valence electrons. The van der Waals surface area contributed by atoms with E-state index in [4.69, 9.17) is 24.3 Å². The molecular formula is C38H44BrN5O5. The normalized spacial score (nSPS) is 21.1. The zero-order chi connectivity index (χ0) is 34.3. The number of anilines is 1. The third-order valence-electron chi connectivity index (χ3n) is 10.3. The number of benzene rings is 2. The van der Waals surface area contributed by atoms with Crippen LogP contribution >= 0.6 is 15.9 Å². The van der Waals surface area contributed by atoms with Crippen molar-refractivity contribution in [3.8, 4) is 5.75 Å². The van der Waals surface area contributed by atoms with E-state index in [-0.39, 0.29) is 29.6 Å². The summed E-state index contributed by atoms with van der Waals surface area (Å²) in [5, 5.41) is 7.99. The lowest BCUT2D eigenvalue weighted by atomic mass is 9.81. The predicted molar refractivity (Wildman–Crippen MR) is 190 cm³/mol. The van der Waals surface area contributed by atoms with E-state index < -0.39 is 11.7 Å². The lowest BCUT2D eigenvalue weighted by Crippen LogP contribution is -2.40. The van der Waals surface area contributed by atoms with E-state index in [2.05, 4.69) is 38.3 Å². The minimum Gasteiger partial charge on any atom is -0.497 e. The highest BCUT2D eigenvalue weighted by Gasteiger charge is 2.54. The van der Waals surface area contributed by atoms with Crippen molar-refractivity contribution in [1.82, 2.24) is 19.9 Å². The number of nitrogens with zero attached hydrogens (tertiary/aromatic N) is 4. The molecule has 10 nitrogen and oxygen atoms in total. The van der Waals surface area contributed by atoms with Crippen molar-refractivity contribution in [3.63, 3.8) is 0 Å². The number of alkyl carbamates (subject to hydrolysis) is 1. The van der Waals surface area contributed by atoms with Gasteiger partial charge in [0.05, 0.1) is 34.5 Å². The molecule has 2 heterocycles. The molecule has 49 heavy (non-hydrogen) atoms. The Morgan fingerprint density at radius 1 is 1.06 bits per heavy atom. The maximum absolute atomic E-state index is 13.5. The summed E-state index contributed by atoms with van der Waals surface area (Å²) in [5.74, 6) is 1.46. The number of aromatic nitrogens is 3. The van der Waals surface area contributed by atoms with Crippen molar-refractivity contribution in [2.75, 3.05) is 12.0 Å². The fourth-order valence-electron chi connectivity index (χ4n) is 8.05. The highest BCUT2D eigenvalue weighted by Crippen LogP contribution is 2.53. The molecule has 1 N–H and O–H groups in total. The highest BCUT2D eigenvalue weighted by atomic mass is 79.9. The molecule has 3 aliphatic rings. The molecule has 7 rings (SSSR count). The number of methoxy groups -OCH3 is 1. The molecular weight excluding hydrogens is 686 g/mol. The number of amides is 1. The van der Waals surface area contributed by atoms with Gasteiger partial charge in [-0.05, 0) is 98.6 Å². The van der Waals surface area contributed by atoms with Crippen LogP contribution in [0.5, 0.6) is 5.75 Å². The Balaban J connectivity index is 1.30. The average molecular weight is 731 g/mol. The molecule has 0 saturated heterocycles. The molecule has 1 unspecified atom stereocenters. The Morgan fingerprint density at radius 3 is 2.49 bits per heavy atom. The fraction of sp³-hybridized carbons (Fsp3) is 0.474. The molecule has 3 atom stereocenters. The quantitative estimate of drug-likeness (QED) is 0.185. The second-order valence-electron chi connectivity index (χ2n) is 14.6. The van der Waals surface area contributed by atoms with Crippen LogP contribution in [0, 0.1) is 0 Å². The number of halogens is 1. The third-order valence-corrected chi connectivity index (χ3v) is 10.8. The zero-order valence-electron chi connectivity index (χ0n) is 28.6. The second kappa shape index (κ2) is 13.3. The molecule has 2 aromatic carbocycles. The van der Waals surface area contributed by atoms with Gasteiger partial charge in [-0.25, -0.2) is 14.6 Å². The van der Waals surface area contributed by atoms with Crippen molar-refractivity contribution >= 4 is 39.5 Å². The first-order chi connectivity index (χ1) is 23.5. The van der Waals surface area contributed by atoms with Gasteiger partial charge < -0.3 is 24.4 Å². The van der Waals surface area contributed by atoms with Crippen LogP contribution in [0.3, 0.4) is 0 Å². The number of carbonyl (C=O) groups excluding carboxylic acids is 2. The molecule has 0 radical (unpaired) electrons. The summed E-state index contributed by atoms with van der Waals surface area (Å²) in [5.41, 5.74) is 3.56. The van der Waals surface area contributed by atoms with Crippen LogP contribution in [0.1, 0.15) is 92.9 Å². The first-order valence-corrected chi connectivity index (χ1v) is 18.1. The standard InChI is InChI=1S/C38H44BrN5O5/c1-37(2,3)49-36(46)41-26-14-15-27(20-26)43(23-24-12-16-28(47-4)17-13-24)34-29-21-31(48-35(45)25-10-6-5-7-11-25)38(18-8-9-19-38)32(29)42-33-30(39)22-40-44(33)34/h5-7,10-13,16-17,22,26-27,31H,8-9,14-15,18-21,23H2,1-4H3,(H,41,46)/t26-,27-,31?/m0/s1. The molecule has 3 aliphatic carbocycles. The van der Waals surface area contributed by atoms with Crippen molar-refractivity contribution < 1.29 is 23.8 Å². The summed E-state index contributed by atoms with van der Waals surface area (Å²) < 4.78 is 20.3. The topological polar surface area (TPSA) is 107 Å². The third kappa shape index (κ3) is 6.61. The Morgan fingerprint density at radius 2 is 1.80 bits per heavy atom. The van der Waals surface area contributed by atoms with Crippen LogP contribution in [0.2, 0.25) is 0 Å². The summed E-state index contributed by atoms with van der Waals surface area (Å²) >= 11 is 3.74. The summed E-state index contributed by atoms with van der Waals surface area (Å²) in [6.07, 6.45) is 7.98. The second-order valence-corrected chi connectivity index (χ2v) is 15.5. The van der Waals surface area contributed by atoms with Gasteiger partial charge in [-0.15, -0.1) is 0 Å². The van der Waals surface area contributed by atoms with Crippen LogP contribution in [-0.2, 0) is 27.9 Å². The van der Waals surface area contributed by atoms with Gasteiger partial charge in [-0.3, -0.25) is 0 Å². The van der Waals surface area contributed by atoms with Gasteiger partial charge in [0.1, 0.15) is 23.3 Å². The number of nitrogens with one attached hydrogen (secondary N) is 1. The largest absolute Gasteiger partial charge is 0.497 e. The fourth-order valence-corrected chi connectivity index (χ4v) is 8.40. The van der Waals surface area contributed by atoms with E-state index in [0.717, 1.165) is 83.5 Å². The number of ether oxygens (including phenoxy) is 3. The van der Waals surface area contributed by atoms with Gasteiger partial charge >= 0.3 is 12.1 Å². The SMILES string of the molecule is COc1ccc(CN(c2c3c(nc4c(Br)cnn24)C2(CCCC2)C(OC(=O)c2ccccc2)C3)[C@H]2CC[C@H](NC(=O)OC(C)(C)C)C2)cc1. The predicted octanol–water partition coefficient (Wildman–Crippen LogP) is 7.55. The van der Waals surface area contributed by atoms with Crippen molar-refractivity contribution in [2.24, 2.45) is 0 Å². The van der Waals surface area contributed by atoms with E-state index >= 15 is 0 Å². The van der Waals surface area contributed by atoms with Crippen LogP contribution < -0.4 is 15.0 Å². The minimum atomic E-state index is -0.574. The smallest absolute Gasteiger partial charge is 0.407 e. The summed E-state index contributed by atoms with van der Waals surface area (Å²) in [6.45, 7) is 6.23. The van der Waals surface area contributed by atoms with Crippen molar-refractivity contribution in [2.45, 2.75) is 108 Å². The molecule has 0 bridgehead atoms. The van der Waals surface area contributed by atoms with Crippen LogP contribution in [0.4, 0.5) is 10.6 Å². The van der Waals surface area contributed by atoms with E-state index in [1.54, 1.807) is 19.2 Å². The molecule has 1 amide bonds. The Hall–Kier alpha value is -4.12. The van der Waals surface area contributed by atoms with Crippen LogP contribution in [0.25, 0.3) is 5.65 Å². The molecule has 2 saturated carbocycles. The van der Waals surface area contributed by atoms with Crippen LogP contribution in [0.15, 0.2) is 65.3 Å². The number of esters is 1. The Kier molecular flexibility index (Phi) is 9.06. The van der Waals surface area contributed by atoms with E-state index in [1.807, 2.05) is 61.8 Å². The monoisotopic (exact) mass is 729 g/mol. The maximum Gasteiger partial charge on any atom is 0.407 e. The number of hydrogen-bond donors (Lipinski definition) is 1. The van der Waals surface area contributed by atoms with Gasteiger partial charge in [0, 0.05) is 30.6 Å². The highest BCUT2D eigenvalue weighted by molar-refractivity contribution is 9.10. The number of fused-ring (bicyclic) bond motifs is 3.